The molecule has 1 aromatic heterocycles. The number of hydrogen-bond donors (Lipinski definition) is 1. The molecule has 0 spiro atoms. The molecule has 0 atom stereocenters. The Morgan fingerprint density at radius 2 is 1.95 bits per heavy atom. The summed E-state index contributed by atoms with van der Waals surface area (Å²) in [6, 6.07) is 10.2. The minimum absolute atomic E-state index is 0.208. The smallest absolute Gasteiger partial charge is 0.153 e. The molecule has 0 aliphatic carbocycles. The summed E-state index contributed by atoms with van der Waals surface area (Å²) in [6.07, 6.45) is 0. The van der Waals surface area contributed by atoms with E-state index in [1.54, 1.807) is 0 Å². The molecule has 2 aromatic rings. The van der Waals surface area contributed by atoms with Gasteiger partial charge in [-0.25, -0.2) is 13.4 Å². The predicted molar refractivity (Wildman–Crippen MR) is 85.4 cm³/mol. The summed E-state index contributed by atoms with van der Waals surface area (Å²) in [5, 5.41) is 5.34. The van der Waals surface area contributed by atoms with Gasteiger partial charge in [0, 0.05) is 25.0 Å². The molecule has 0 radical (unpaired) electrons. The normalized spacial score (nSPS) is 18.0. The second-order valence-corrected chi connectivity index (χ2v) is 7.63. The summed E-state index contributed by atoms with van der Waals surface area (Å²) in [6.45, 7) is 1.73. The van der Waals surface area contributed by atoms with E-state index in [2.05, 4.69) is 22.3 Å². The molecule has 2 heterocycles. The molecule has 5 nitrogen and oxygen atoms in total. The van der Waals surface area contributed by atoms with Crippen molar-refractivity contribution in [2.45, 2.75) is 6.54 Å². The summed E-state index contributed by atoms with van der Waals surface area (Å²) in [5.74, 6) is 1.31. The van der Waals surface area contributed by atoms with Gasteiger partial charge in [0.1, 0.15) is 5.82 Å². The standard InChI is InChI=1S/C15H19N3O2S/c1-16-11-13-10-12-4-2-3-5-14(12)15(17-13)18-6-8-21(19,20)9-7-18/h2-5,10,16H,6-9,11H2,1H3. The Hall–Kier alpha value is -1.66. The number of nitrogens with one attached hydrogen (secondary N) is 1. The molecule has 21 heavy (non-hydrogen) atoms. The van der Waals surface area contributed by atoms with Crippen molar-refractivity contribution >= 4 is 26.4 Å². The van der Waals surface area contributed by atoms with Gasteiger partial charge in [0.05, 0.1) is 17.2 Å². The molecule has 1 aliphatic rings. The molecule has 1 N–H and O–H groups in total. The first-order valence-corrected chi connectivity index (χ1v) is 8.90. The van der Waals surface area contributed by atoms with Gasteiger partial charge in [-0.2, -0.15) is 0 Å². The van der Waals surface area contributed by atoms with Crippen LogP contribution in [-0.2, 0) is 16.4 Å². The molecule has 0 bridgehead atoms. The lowest BCUT2D eigenvalue weighted by Crippen LogP contribution is -2.40. The third kappa shape index (κ3) is 3.01. The van der Waals surface area contributed by atoms with E-state index in [0.29, 0.717) is 19.6 Å². The SMILES string of the molecule is CNCc1cc2ccccc2c(N2CCS(=O)(=O)CC2)n1. The Morgan fingerprint density at radius 3 is 2.67 bits per heavy atom. The number of pyridine rings is 1. The van der Waals surface area contributed by atoms with Crippen LogP contribution < -0.4 is 10.2 Å². The maximum atomic E-state index is 11.6. The van der Waals surface area contributed by atoms with Crippen LogP contribution >= 0.6 is 0 Å². The van der Waals surface area contributed by atoms with E-state index in [1.807, 2.05) is 25.2 Å². The van der Waals surface area contributed by atoms with E-state index in [0.717, 1.165) is 22.3 Å². The van der Waals surface area contributed by atoms with Gasteiger partial charge in [0.15, 0.2) is 9.84 Å². The van der Waals surface area contributed by atoms with Gasteiger partial charge >= 0.3 is 0 Å². The number of anilines is 1. The van der Waals surface area contributed by atoms with Crippen LogP contribution in [0.3, 0.4) is 0 Å². The molecule has 1 aromatic carbocycles. The van der Waals surface area contributed by atoms with Crippen LogP contribution in [0.5, 0.6) is 0 Å². The summed E-state index contributed by atoms with van der Waals surface area (Å²) < 4.78 is 23.2. The first-order chi connectivity index (χ1) is 10.1. The molecule has 1 aliphatic heterocycles. The van der Waals surface area contributed by atoms with Crippen molar-refractivity contribution in [2.75, 3.05) is 36.5 Å². The molecule has 112 valence electrons. The first kappa shape index (κ1) is 14.3. The van der Waals surface area contributed by atoms with E-state index >= 15 is 0 Å². The lowest BCUT2D eigenvalue weighted by atomic mass is 10.1. The maximum Gasteiger partial charge on any atom is 0.153 e. The Morgan fingerprint density at radius 1 is 1.24 bits per heavy atom. The molecule has 0 saturated carbocycles. The average Bonchev–Trinajstić information content (AvgIpc) is 2.47. The highest BCUT2D eigenvalue weighted by molar-refractivity contribution is 7.91. The third-order valence-corrected chi connectivity index (χ3v) is 5.38. The highest BCUT2D eigenvalue weighted by Gasteiger charge is 2.23. The molecule has 0 amide bonds. The number of nitrogens with zero attached hydrogens (tertiary/aromatic N) is 2. The van der Waals surface area contributed by atoms with Gasteiger partial charge in [0.25, 0.3) is 0 Å². The second kappa shape index (κ2) is 5.61. The van der Waals surface area contributed by atoms with Crippen LogP contribution in [0, 0.1) is 0 Å². The Labute approximate surface area is 124 Å². The summed E-state index contributed by atoms with van der Waals surface area (Å²) in [4.78, 5) is 6.82. The van der Waals surface area contributed by atoms with Crippen LogP contribution in [0.2, 0.25) is 0 Å². The van der Waals surface area contributed by atoms with Crippen LogP contribution in [0.4, 0.5) is 5.82 Å². The molecule has 1 fully saturated rings. The highest BCUT2D eigenvalue weighted by Crippen LogP contribution is 2.27. The zero-order valence-electron chi connectivity index (χ0n) is 12.0. The zero-order chi connectivity index (χ0) is 14.9. The fraction of sp³-hybridized carbons (Fsp3) is 0.400. The van der Waals surface area contributed by atoms with Crippen LogP contribution in [0.15, 0.2) is 30.3 Å². The minimum atomic E-state index is -2.88. The van der Waals surface area contributed by atoms with E-state index in [9.17, 15) is 8.42 Å². The Balaban J connectivity index is 2.04. The van der Waals surface area contributed by atoms with E-state index in [-0.39, 0.29) is 11.5 Å². The van der Waals surface area contributed by atoms with Crippen molar-refractivity contribution in [3.05, 3.63) is 36.0 Å². The number of rotatable bonds is 3. The van der Waals surface area contributed by atoms with Gasteiger partial charge in [0.2, 0.25) is 0 Å². The predicted octanol–water partition coefficient (Wildman–Crippen LogP) is 1.19. The van der Waals surface area contributed by atoms with Crippen LogP contribution in [0.25, 0.3) is 10.8 Å². The molecular weight excluding hydrogens is 286 g/mol. The lowest BCUT2D eigenvalue weighted by molar-refractivity contribution is 0.586. The quantitative estimate of drug-likeness (QED) is 0.923. The van der Waals surface area contributed by atoms with E-state index < -0.39 is 9.84 Å². The zero-order valence-corrected chi connectivity index (χ0v) is 12.9. The van der Waals surface area contributed by atoms with Crippen molar-refractivity contribution in [3.63, 3.8) is 0 Å². The second-order valence-electron chi connectivity index (χ2n) is 5.33. The monoisotopic (exact) mass is 305 g/mol. The van der Waals surface area contributed by atoms with E-state index in [1.165, 1.54) is 0 Å². The van der Waals surface area contributed by atoms with Crippen molar-refractivity contribution in [2.24, 2.45) is 0 Å². The van der Waals surface area contributed by atoms with Gasteiger partial charge in [-0.3, -0.25) is 0 Å². The molecule has 3 rings (SSSR count). The summed E-state index contributed by atoms with van der Waals surface area (Å²) >= 11 is 0. The molecule has 0 unspecified atom stereocenters. The molecular formula is C15H19N3O2S. The van der Waals surface area contributed by atoms with Gasteiger partial charge < -0.3 is 10.2 Å². The van der Waals surface area contributed by atoms with Crippen LogP contribution in [0.1, 0.15) is 5.69 Å². The van der Waals surface area contributed by atoms with Gasteiger partial charge in [-0.05, 0) is 18.5 Å². The van der Waals surface area contributed by atoms with Crippen molar-refractivity contribution in [3.8, 4) is 0 Å². The van der Waals surface area contributed by atoms with E-state index in [4.69, 9.17) is 4.98 Å². The summed E-state index contributed by atoms with van der Waals surface area (Å²) in [5.41, 5.74) is 0.972. The third-order valence-electron chi connectivity index (χ3n) is 3.78. The topological polar surface area (TPSA) is 62.3 Å². The first-order valence-electron chi connectivity index (χ1n) is 7.08. The Bertz CT molecular complexity index is 745. The average molecular weight is 305 g/mol. The number of fused-ring (bicyclic) bond motifs is 1. The maximum absolute atomic E-state index is 11.6. The minimum Gasteiger partial charge on any atom is -0.354 e. The van der Waals surface area contributed by atoms with Crippen molar-refractivity contribution in [1.82, 2.24) is 10.3 Å². The highest BCUT2D eigenvalue weighted by atomic mass is 32.2. The van der Waals surface area contributed by atoms with Gasteiger partial charge in [-0.1, -0.05) is 24.3 Å². The fourth-order valence-electron chi connectivity index (χ4n) is 2.67. The summed E-state index contributed by atoms with van der Waals surface area (Å²) in [7, 11) is -0.986. The fourth-order valence-corrected chi connectivity index (χ4v) is 3.87. The number of benzene rings is 1. The van der Waals surface area contributed by atoms with Crippen molar-refractivity contribution in [1.29, 1.82) is 0 Å². The van der Waals surface area contributed by atoms with Crippen molar-refractivity contribution < 1.29 is 8.42 Å². The molecule has 1 saturated heterocycles. The number of aromatic nitrogens is 1. The number of sulfone groups is 1. The number of hydrogen-bond acceptors (Lipinski definition) is 5. The van der Waals surface area contributed by atoms with Gasteiger partial charge in [-0.15, -0.1) is 0 Å². The lowest BCUT2D eigenvalue weighted by Gasteiger charge is -2.29. The largest absolute Gasteiger partial charge is 0.354 e. The Kier molecular flexibility index (Phi) is 3.82. The van der Waals surface area contributed by atoms with Crippen LogP contribution in [-0.4, -0.2) is 45.0 Å². The molecule has 6 heteroatoms.